The lowest BCUT2D eigenvalue weighted by Gasteiger charge is -2.07. The smallest absolute Gasteiger partial charge is 0.345 e. The molecule has 1 N–H and O–H groups in total. The molecular formula is C10H9NO7. The Morgan fingerprint density at radius 3 is 2.22 bits per heavy atom. The van der Waals surface area contributed by atoms with E-state index in [2.05, 4.69) is 9.47 Å². The van der Waals surface area contributed by atoms with Gasteiger partial charge in [0, 0.05) is 0 Å². The highest BCUT2D eigenvalue weighted by Gasteiger charge is 2.32. The van der Waals surface area contributed by atoms with Crippen LogP contribution in [-0.2, 0) is 9.47 Å². The third-order valence-corrected chi connectivity index (χ3v) is 2.13. The van der Waals surface area contributed by atoms with Crippen LogP contribution in [0.3, 0.4) is 0 Å². The van der Waals surface area contributed by atoms with Gasteiger partial charge in [0.05, 0.1) is 24.7 Å². The molecule has 0 saturated heterocycles. The molecule has 0 amide bonds. The van der Waals surface area contributed by atoms with Gasteiger partial charge < -0.3 is 14.6 Å². The summed E-state index contributed by atoms with van der Waals surface area (Å²) in [7, 11) is 2.05. The second-order valence-electron chi connectivity index (χ2n) is 3.10. The van der Waals surface area contributed by atoms with Gasteiger partial charge in [-0.3, -0.25) is 10.1 Å². The van der Waals surface area contributed by atoms with E-state index in [9.17, 15) is 24.8 Å². The quantitative estimate of drug-likeness (QED) is 0.484. The molecule has 0 spiro atoms. The molecule has 0 atom stereocenters. The fourth-order valence-corrected chi connectivity index (χ4v) is 1.35. The van der Waals surface area contributed by atoms with Crippen molar-refractivity contribution >= 4 is 17.6 Å². The molecule has 96 valence electrons. The lowest BCUT2D eigenvalue weighted by molar-refractivity contribution is -0.386. The maximum Gasteiger partial charge on any atom is 0.345 e. The van der Waals surface area contributed by atoms with Crippen LogP contribution in [0.25, 0.3) is 0 Å². The monoisotopic (exact) mass is 255 g/mol. The molecule has 0 heterocycles. The Morgan fingerprint density at radius 2 is 1.78 bits per heavy atom. The van der Waals surface area contributed by atoms with Gasteiger partial charge in [-0.2, -0.15) is 0 Å². The van der Waals surface area contributed by atoms with Gasteiger partial charge in [0.25, 0.3) is 0 Å². The van der Waals surface area contributed by atoms with E-state index in [1.165, 1.54) is 0 Å². The summed E-state index contributed by atoms with van der Waals surface area (Å²) in [6.07, 6.45) is 0. The molecule has 0 radical (unpaired) electrons. The first-order valence-corrected chi connectivity index (χ1v) is 4.61. The van der Waals surface area contributed by atoms with E-state index < -0.39 is 33.9 Å². The predicted octanol–water partition coefficient (Wildman–Crippen LogP) is 0.874. The Labute approximate surface area is 101 Å². The largest absolute Gasteiger partial charge is 0.502 e. The summed E-state index contributed by atoms with van der Waals surface area (Å²) in [4.78, 5) is 32.7. The molecule has 1 aromatic rings. The number of ether oxygens (including phenoxy) is 2. The zero-order valence-corrected chi connectivity index (χ0v) is 9.50. The first-order valence-electron chi connectivity index (χ1n) is 4.61. The third kappa shape index (κ3) is 2.21. The lowest BCUT2D eigenvalue weighted by Crippen LogP contribution is -2.14. The van der Waals surface area contributed by atoms with Gasteiger partial charge in [-0.25, -0.2) is 9.59 Å². The molecule has 0 saturated carbocycles. The van der Waals surface area contributed by atoms with Crippen molar-refractivity contribution in [2.45, 2.75) is 0 Å². The number of esters is 2. The van der Waals surface area contributed by atoms with Crippen molar-refractivity contribution in [3.05, 3.63) is 33.4 Å². The zero-order valence-electron chi connectivity index (χ0n) is 9.50. The van der Waals surface area contributed by atoms with Crippen molar-refractivity contribution in [1.82, 2.24) is 0 Å². The molecular weight excluding hydrogens is 246 g/mol. The Balaban J connectivity index is 3.64. The normalized spacial score (nSPS) is 9.67. The third-order valence-electron chi connectivity index (χ3n) is 2.13. The molecule has 0 aromatic heterocycles. The Morgan fingerprint density at radius 1 is 1.22 bits per heavy atom. The zero-order chi connectivity index (χ0) is 13.9. The number of nitro groups is 1. The van der Waals surface area contributed by atoms with Gasteiger partial charge in [-0.05, 0) is 12.1 Å². The number of carbonyl (C=O) groups is 2. The van der Waals surface area contributed by atoms with Gasteiger partial charge in [0.1, 0.15) is 0 Å². The van der Waals surface area contributed by atoms with Crippen LogP contribution < -0.4 is 0 Å². The Hall–Kier alpha value is -2.64. The van der Waals surface area contributed by atoms with Crippen molar-refractivity contribution < 1.29 is 29.1 Å². The van der Waals surface area contributed by atoms with Crippen molar-refractivity contribution in [1.29, 1.82) is 0 Å². The van der Waals surface area contributed by atoms with Crippen LogP contribution in [-0.4, -0.2) is 36.2 Å². The SMILES string of the molecule is COC(=O)c1ccc(O)c([N+](=O)[O-])c1C(=O)OC. The number of rotatable bonds is 3. The molecule has 0 aliphatic heterocycles. The van der Waals surface area contributed by atoms with E-state index in [0.717, 1.165) is 26.4 Å². The standard InChI is InChI=1S/C10H9NO7/c1-17-9(13)5-3-4-6(12)8(11(15)16)7(5)10(14)18-2/h3-4,12H,1-2H3. The highest BCUT2D eigenvalue weighted by Crippen LogP contribution is 2.33. The fraction of sp³-hybridized carbons (Fsp3) is 0.200. The Kier molecular flexibility index (Phi) is 3.82. The number of phenols is 1. The average Bonchev–Trinajstić information content (AvgIpc) is 2.35. The molecule has 0 bridgehead atoms. The molecule has 8 heteroatoms. The van der Waals surface area contributed by atoms with E-state index in [4.69, 9.17) is 0 Å². The molecule has 0 aliphatic carbocycles. The topological polar surface area (TPSA) is 116 Å². The average molecular weight is 255 g/mol. The fourth-order valence-electron chi connectivity index (χ4n) is 1.35. The van der Waals surface area contributed by atoms with Gasteiger partial charge in [0.15, 0.2) is 11.3 Å². The van der Waals surface area contributed by atoms with E-state index >= 15 is 0 Å². The number of hydrogen-bond donors (Lipinski definition) is 1. The maximum absolute atomic E-state index is 11.5. The summed E-state index contributed by atoms with van der Waals surface area (Å²) in [5, 5.41) is 20.2. The number of phenolic OH excluding ortho intramolecular Hbond substituents is 1. The van der Waals surface area contributed by atoms with Gasteiger partial charge in [0.2, 0.25) is 0 Å². The summed E-state index contributed by atoms with van der Waals surface area (Å²) in [6, 6.07) is 1.97. The molecule has 1 rings (SSSR count). The van der Waals surface area contributed by atoms with Crippen molar-refractivity contribution in [2.75, 3.05) is 14.2 Å². The first-order chi connectivity index (χ1) is 8.43. The van der Waals surface area contributed by atoms with Gasteiger partial charge in [-0.15, -0.1) is 0 Å². The number of nitro benzene ring substituents is 1. The summed E-state index contributed by atoms with van der Waals surface area (Å²) in [6.45, 7) is 0. The van der Waals surface area contributed by atoms with E-state index in [-0.39, 0.29) is 5.56 Å². The number of nitrogens with zero attached hydrogens (tertiary/aromatic N) is 1. The minimum atomic E-state index is -1.11. The second-order valence-corrected chi connectivity index (χ2v) is 3.10. The minimum absolute atomic E-state index is 0.353. The van der Waals surface area contributed by atoms with Crippen molar-refractivity contribution in [3.63, 3.8) is 0 Å². The van der Waals surface area contributed by atoms with Crippen LogP contribution in [0.1, 0.15) is 20.7 Å². The van der Waals surface area contributed by atoms with Crippen LogP contribution >= 0.6 is 0 Å². The maximum atomic E-state index is 11.5. The summed E-state index contributed by atoms with van der Waals surface area (Å²) >= 11 is 0. The van der Waals surface area contributed by atoms with Crippen LogP contribution in [0.15, 0.2) is 12.1 Å². The molecule has 8 nitrogen and oxygen atoms in total. The molecule has 0 aliphatic rings. The Bertz CT molecular complexity index is 523. The summed E-state index contributed by atoms with van der Waals surface area (Å²) < 4.78 is 8.75. The second kappa shape index (κ2) is 5.13. The van der Waals surface area contributed by atoms with Crippen LogP contribution in [0.5, 0.6) is 5.75 Å². The number of hydrogen-bond acceptors (Lipinski definition) is 7. The molecule has 18 heavy (non-hydrogen) atoms. The van der Waals surface area contributed by atoms with E-state index in [1.807, 2.05) is 0 Å². The predicted molar refractivity (Wildman–Crippen MR) is 57.4 cm³/mol. The number of aromatic hydroxyl groups is 1. The van der Waals surface area contributed by atoms with Gasteiger partial charge in [-0.1, -0.05) is 0 Å². The molecule has 1 aromatic carbocycles. The number of methoxy groups -OCH3 is 2. The van der Waals surface area contributed by atoms with Crippen LogP contribution in [0.2, 0.25) is 0 Å². The molecule has 0 fully saturated rings. The van der Waals surface area contributed by atoms with Crippen LogP contribution in [0, 0.1) is 10.1 Å². The van der Waals surface area contributed by atoms with Crippen molar-refractivity contribution in [2.24, 2.45) is 0 Å². The summed E-state index contributed by atoms with van der Waals surface area (Å²) in [5.74, 6) is -2.80. The number of benzene rings is 1. The van der Waals surface area contributed by atoms with Crippen molar-refractivity contribution in [3.8, 4) is 5.75 Å². The number of carbonyl (C=O) groups excluding carboxylic acids is 2. The highest BCUT2D eigenvalue weighted by molar-refractivity contribution is 6.06. The molecule has 0 unspecified atom stereocenters. The van der Waals surface area contributed by atoms with E-state index in [0.29, 0.717) is 0 Å². The minimum Gasteiger partial charge on any atom is -0.502 e. The summed E-state index contributed by atoms with van der Waals surface area (Å²) in [5.41, 5.74) is -1.90. The van der Waals surface area contributed by atoms with E-state index in [1.54, 1.807) is 0 Å². The highest BCUT2D eigenvalue weighted by atomic mass is 16.6. The first kappa shape index (κ1) is 13.4. The van der Waals surface area contributed by atoms with Gasteiger partial charge >= 0.3 is 17.6 Å². The van der Waals surface area contributed by atoms with Crippen LogP contribution in [0.4, 0.5) is 5.69 Å². The lowest BCUT2D eigenvalue weighted by atomic mass is 10.0.